The van der Waals surface area contributed by atoms with Crippen LogP contribution < -0.4 is 0 Å². The number of aromatic nitrogens is 5. The van der Waals surface area contributed by atoms with Gasteiger partial charge in [0, 0.05) is 29.9 Å². The van der Waals surface area contributed by atoms with Crippen molar-refractivity contribution in [3.63, 3.8) is 0 Å². The lowest BCUT2D eigenvalue weighted by Gasteiger charge is -2.25. The van der Waals surface area contributed by atoms with Gasteiger partial charge in [0.2, 0.25) is 0 Å². The van der Waals surface area contributed by atoms with E-state index in [1.165, 1.54) is 0 Å². The molecule has 2 fully saturated rings. The lowest BCUT2D eigenvalue weighted by atomic mass is 10.0. The predicted molar refractivity (Wildman–Crippen MR) is 145 cm³/mol. The molecule has 1 aromatic carbocycles. The largest absolute Gasteiger partial charge is 0.356 e. The highest BCUT2D eigenvalue weighted by Crippen LogP contribution is 2.38. The van der Waals surface area contributed by atoms with E-state index in [-0.39, 0.29) is 22.4 Å². The molecule has 0 radical (unpaired) electrons. The van der Waals surface area contributed by atoms with Gasteiger partial charge in [0.05, 0.1) is 23.1 Å². The van der Waals surface area contributed by atoms with Gasteiger partial charge in [-0.25, -0.2) is 9.36 Å². The molecule has 35 heavy (non-hydrogen) atoms. The smallest absolute Gasteiger partial charge is 0.150 e. The van der Waals surface area contributed by atoms with Crippen molar-refractivity contribution in [2.24, 2.45) is 0 Å². The third-order valence-corrected chi connectivity index (χ3v) is 7.34. The molecule has 0 amide bonds. The van der Waals surface area contributed by atoms with E-state index in [4.69, 9.17) is 24.7 Å². The summed E-state index contributed by atoms with van der Waals surface area (Å²) in [6.07, 6.45) is 8.34. The number of nitrogens with zero attached hydrogens (tertiary/aromatic N) is 5. The molecule has 4 aromatic rings. The van der Waals surface area contributed by atoms with Crippen LogP contribution in [0.25, 0.3) is 33.4 Å². The fourth-order valence-corrected chi connectivity index (χ4v) is 5.53. The predicted octanol–water partition coefficient (Wildman–Crippen LogP) is 6.49. The van der Waals surface area contributed by atoms with E-state index < -0.39 is 0 Å². The van der Waals surface area contributed by atoms with Crippen LogP contribution in [0.2, 0.25) is 0 Å². The average Bonchev–Trinajstić information content (AvgIpc) is 3.47. The van der Waals surface area contributed by atoms with Gasteiger partial charge in [0.15, 0.2) is 12.5 Å². The van der Waals surface area contributed by atoms with Crippen LogP contribution in [0.4, 0.5) is 0 Å². The molecular weight excluding hydrogens is 525 g/mol. The Kier molecular flexibility index (Phi) is 7.35. The maximum atomic E-state index is 6.10. The van der Waals surface area contributed by atoms with Crippen molar-refractivity contribution in [3.8, 4) is 22.5 Å². The monoisotopic (exact) mass is 555 g/mol. The molecule has 3 unspecified atom stereocenters. The van der Waals surface area contributed by atoms with Crippen molar-refractivity contribution >= 4 is 36.7 Å². The molecule has 0 spiro atoms. The highest BCUT2D eigenvalue weighted by molar-refractivity contribution is 9.10. The van der Waals surface area contributed by atoms with Gasteiger partial charge in [0.1, 0.15) is 4.60 Å². The Morgan fingerprint density at radius 1 is 0.943 bits per heavy atom. The molecule has 6 rings (SSSR count). The van der Waals surface area contributed by atoms with E-state index in [0.29, 0.717) is 0 Å². The molecule has 0 bridgehead atoms. The van der Waals surface area contributed by atoms with Crippen LogP contribution in [0.1, 0.15) is 56.7 Å². The van der Waals surface area contributed by atoms with Crippen LogP contribution in [-0.4, -0.2) is 37.8 Å². The van der Waals surface area contributed by atoms with Crippen molar-refractivity contribution in [1.82, 2.24) is 24.5 Å². The second-order valence-corrected chi connectivity index (χ2v) is 9.88. The van der Waals surface area contributed by atoms with Gasteiger partial charge in [-0.1, -0.05) is 12.1 Å². The molecule has 2 aliphatic rings. The van der Waals surface area contributed by atoms with Crippen molar-refractivity contribution in [2.75, 3.05) is 13.2 Å². The molecule has 2 aliphatic heterocycles. The lowest BCUT2D eigenvalue weighted by molar-refractivity contribution is -0.0383. The summed E-state index contributed by atoms with van der Waals surface area (Å²) in [4.78, 5) is 4.84. The van der Waals surface area contributed by atoms with Gasteiger partial charge in [-0.2, -0.15) is 20.1 Å². The van der Waals surface area contributed by atoms with Crippen LogP contribution >= 0.6 is 25.8 Å². The topological polar surface area (TPSA) is 67.0 Å². The first-order valence-electron chi connectivity index (χ1n) is 12.1. The summed E-state index contributed by atoms with van der Waals surface area (Å²) in [6.45, 7) is 3.57. The number of hydrogen-bond donors (Lipinski definition) is 0. The summed E-state index contributed by atoms with van der Waals surface area (Å²) >= 11 is 3.69. The van der Waals surface area contributed by atoms with Crippen molar-refractivity contribution < 1.29 is 9.47 Å². The van der Waals surface area contributed by atoms with Gasteiger partial charge in [-0.05, 0) is 91.2 Å². The van der Waals surface area contributed by atoms with Gasteiger partial charge in [0.25, 0.3) is 0 Å². The normalized spacial score (nSPS) is 20.6. The van der Waals surface area contributed by atoms with Crippen molar-refractivity contribution in [2.45, 2.75) is 57.9 Å². The summed E-state index contributed by atoms with van der Waals surface area (Å²) in [5.74, 6) is 0. The van der Waals surface area contributed by atoms with Crippen LogP contribution in [0.15, 0.2) is 47.2 Å². The molecule has 9 heteroatoms. The summed E-state index contributed by atoms with van der Waals surface area (Å²) in [6, 6.07) is 12.6. The first-order chi connectivity index (χ1) is 16.7. The fraction of sp³-hybridized carbons (Fsp3) is 0.423. The molecule has 2 saturated heterocycles. The SMILES string of the molecule is Cc1cccc(-c2c(-c3ccc4c(c3)c(Br)nn4C3CCCCO3)cnn2C2CCCCO2)n1.P. The lowest BCUT2D eigenvalue weighted by Crippen LogP contribution is -2.20. The number of fused-ring (bicyclic) bond motifs is 1. The van der Waals surface area contributed by atoms with E-state index in [2.05, 4.69) is 46.3 Å². The number of rotatable bonds is 4. The molecule has 5 heterocycles. The second-order valence-electron chi connectivity index (χ2n) is 9.13. The molecule has 0 N–H and O–H groups in total. The third kappa shape index (κ3) is 4.69. The summed E-state index contributed by atoms with van der Waals surface area (Å²) in [5.41, 5.74) is 6.08. The van der Waals surface area contributed by atoms with E-state index in [0.717, 1.165) is 95.5 Å². The molecule has 3 atom stereocenters. The Hall–Kier alpha value is -2.12. The van der Waals surface area contributed by atoms with Crippen LogP contribution in [-0.2, 0) is 9.47 Å². The van der Waals surface area contributed by atoms with E-state index in [1.54, 1.807) is 0 Å². The van der Waals surface area contributed by atoms with Gasteiger partial charge in [-0.15, -0.1) is 0 Å². The Bertz CT molecular complexity index is 1320. The molecule has 0 aliphatic carbocycles. The Balaban J connectivity index is 0.00000253. The van der Waals surface area contributed by atoms with Gasteiger partial charge < -0.3 is 9.47 Å². The zero-order valence-electron chi connectivity index (χ0n) is 20.0. The average molecular weight is 556 g/mol. The van der Waals surface area contributed by atoms with Crippen molar-refractivity contribution in [1.29, 1.82) is 0 Å². The number of benzene rings is 1. The molecule has 7 nitrogen and oxygen atoms in total. The number of halogens is 1. The first kappa shape index (κ1) is 24.6. The number of ether oxygens (including phenoxy) is 2. The minimum absolute atomic E-state index is 0. The summed E-state index contributed by atoms with van der Waals surface area (Å²) in [5, 5.41) is 10.6. The standard InChI is InChI=1S/C26H28BrN5O2.H3P/c1-17-7-6-8-21(29-17)25-20(16-28-32(25)24-10-3-5-14-34-24)18-11-12-22-19(15-18)26(27)30-31(22)23-9-2-4-13-33-23;/h6-8,11-12,15-16,23-24H,2-5,9-10,13-14H2,1H3;1H3. The molecular formula is C26H31BrN5O2P. The van der Waals surface area contributed by atoms with E-state index in [9.17, 15) is 0 Å². The Morgan fingerprint density at radius 3 is 2.37 bits per heavy atom. The fourth-order valence-electron chi connectivity index (χ4n) is 5.05. The van der Waals surface area contributed by atoms with E-state index >= 15 is 0 Å². The van der Waals surface area contributed by atoms with Crippen LogP contribution in [0.3, 0.4) is 0 Å². The molecule has 3 aromatic heterocycles. The van der Waals surface area contributed by atoms with Crippen LogP contribution in [0, 0.1) is 6.92 Å². The van der Waals surface area contributed by atoms with E-state index in [1.807, 2.05) is 28.6 Å². The first-order valence-corrected chi connectivity index (χ1v) is 12.9. The maximum Gasteiger partial charge on any atom is 0.150 e. The second kappa shape index (κ2) is 10.5. The molecule has 184 valence electrons. The minimum Gasteiger partial charge on any atom is -0.356 e. The molecule has 0 saturated carbocycles. The zero-order chi connectivity index (χ0) is 23.1. The quantitative estimate of drug-likeness (QED) is 0.269. The number of pyridine rings is 1. The Morgan fingerprint density at radius 2 is 1.69 bits per heavy atom. The zero-order valence-corrected chi connectivity index (χ0v) is 23.0. The highest BCUT2D eigenvalue weighted by Gasteiger charge is 2.25. The van der Waals surface area contributed by atoms with Gasteiger partial charge >= 0.3 is 0 Å². The van der Waals surface area contributed by atoms with Crippen molar-refractivity contribution in [3.05, 3.63) is 52.9 Å². The van der Waals surface area contributed by atoms with Gasteiger partial charge in [-0.3, -0.25) is 4.98 Å². The highest BCUT2D eigenvalue weighted by atomic mass is 79.9. The van der Waals surface area contributed by atoms with Crippen LogP contribution in [0.5, 0.6) is 0 Å². The Labute approximate surface area is 217 Å². The summed E-state index contributed by atoms with van der Waals surface area (Å²) in [7, 11) is 0. The number of aryl methyl sites for hydroxylation is 1. The minimum atomic E-state index is -0.0681. The summed E-state index contributed by atoms with van der Waals surface area (Å²) < 4.78 is 17.0. The third-order valence-electron chi connectivity index (χ3n) is 6.76. The number of hydrogen-bond acceptors (Lipinski definition) is 5. The maximum absolute atomic E-state index is 6.10.